The second kappa shape index (κ2) is 5.23. The third-order valence-corrected chi connectivity index (χ3v) is 3.56. The third-order valence-electron chi connectivity index (χ3n) is 2.55. The van der Waals surface area contributed by atoms with Crippen LogP contribution in [0.3, 0.4) is 0 Å². The van der Waals surface area contributed by atoms with Crippen molar-refractivity contribution in [2.24, 2.45) is 0 Å². The van der Waals surface area contributed by atoms with Crippen molar-refractivity contribution in [1.82, 2.24) is 5.32 Å². The molecular weight excluding hydrogens is 236 g/mol. The zero-order valence-electron chi connectivity index (χ0n) is 9.53. The lowest BCUT2D eigenvalue weighted by Gasteiger charge is -2.11. The van der Waals surface area contributed by atoms with Gasteiger partial charge in [0.15, 0.2) is 0 Å². The molecule has 1 aromatic carbocycles. The zero-order valence-corrected chi connectivity index (χ0v) is 10.3. The average Bonchev–Trinajstić information content (AvgIpc) is 2.68. The van der Waals surface area contributed by atoms with E-state index in [-0.39, 0.29) is 17.2 Å². The minimum atomic E-state index is -0.342. The summed E-state index contributed by atoms with van der Waals surface area (Å²) in [5.41, 5.74) is 1.87. The molecule has 5 heteroatoms. The van der Waals surface area contributed by atoms with Crippen LogP contribution in [-0.4, -0.2) is 22.9 Å². The Hall–Kier alpha value is -1.49. The summed E-state index contributed by atoms with van der Waals surface area (Å²) in [6, 6.07) is 6.85. The number of carbonyl (C=O) groups excluding carboxylic acids is 2. The first-order chi connectivity index (χ1) is 8.15. The van der Waals surface area contributed by atoms with Gasteiger partial charge >= 0.3 is 6.03 Å². The number of hydrogen-bond donors (Lipinski definition) is 2. The molecule has 1 saturated heterocycles. The van der Waals surface area contributed by atoms with E-state index in [2.05, 4.69) is 10.6 Å². The van der Waals surface area contributed by atoms with Crippen molar-refractivity contribution >= 4 is 28.6 Å². The number of thioether (sulfide) groups is 1. The van der Waals surface area contributed by atoms with Crippen molar-refractivity contribution in [2.75, 3.05) is 11.1 Å². The maximum atomic E-state index is 11.6. The van der Waals surface area contributed by atoms with Gasteiger partial charge in [0.2, 0.25) is 5.12 Å². The first-order valence-electron chi connectivity index (χ1n) is 5.46. The minimum absolute atomic E-state index is 0.0454. The highest BCUT2D eigenvalue weighted by atomic mass is 32.2. The number of benzene rings is 1. The summed E-state index contributed by atoms with van der Waals surface area (Å²) < 4.78 is 0. The number of aryl methyl sites for hydroxylation is 1. The normalized spacial score (nSPS) is 19.1. The Balaban J connectivity index is 1.88. The topological polar surface area (TPSA) is 58.2 Å². The van der Waals surface area contributed by atoms with Crippen LogP contribution in [0.5, 0.6) is 0 Å². The molecule has 1 aliphatic heterocycles. The number of amides is 2. The largest absolute Gasteiger partial charge is 0.327 e. The summed E-state index contributed by atoms with van der Waals surface area (Å²) >= 11 is 1.27. The quantitative estimate of drug-likeness (QED) is 0.845. The number of anilines is 1. The SMILES string of the molecule is Cc1ccc(NC(=O)N[C@@H]2CCSC2=O)cc1. The molecular formula is C12H14N2O2S. The van der Waals surface area contributed by atoms with Crippen LogP contribution in [0.1, 0.15) is 12.0 Å². The van der Waals surface area contributed by atoms with Crippen LogP contribution in [0.15, 0.2) is 24.3 Å². The Kier molecular flexibility index (Phi) is 3.68. The first kappa shape index (κ1) is 12.0. The van der Waals surface area contributed by atoms with Crippen LogP contribution < -0.4 is 10.6 Å². The molecule has 0 saturated carbocycles. The van der Waals surface area contributed by atoms with E-state index in [0.717, 1.165) is 17.0 Å². The number of rotatable bonds is 2. The van der Waals surface area contributed by atoms with Gasteiger partial charge in [-0.05, 0) is 25.5 Å². The molecule has 0 bridgehead atoms. The summed E-state index contributed by atoms with van der Waals surface area (Å²) in [6.45, 7) is 1.98. The van der Waals surface area contributed by atoms with E-state index in [1.54, 1.807) is 0 Å². The van der Waals surface area contributed by atoms with Crippen molar-refractivity contribution in [3.63, 3.8) is 0 Å². The van der Waals surface area contributed by atoms with Gasteiger partial charge in [0.05, 0.1) is 0 Å². The van der Waals surface area contributed by atoms with Crippen LogP contribution in [0.2, 0.25) is 0 Å². The predicted molar refractivity (Wildman–Crippen MR) is 69.2 cm³/mol. The Bertz CT molecular complexity index is 431. The van der Waals surface area contributed by atoms with E-state index < -0.39 is 0 Å². The standard InChI is InChI=1S/C12H14N2O2S/c1-8-2-4-9(5-3-8)13-12(16)14-10-6-7-17-11(10)15/h2-5,10H,6-7H2,1H3,(H2,13,14,16)/t10-/m1/s1. The molecule has 1 aromatic rings. The van der Waals surface area contributed by atoms with Gasteiger partial charge in [-0.2, -0.15) is 0 Å². The highest BCUT2D eigenvalue weighted by molar-refractivity contribution is 8.14. The minimum Gasteiger partial charge on any atom is -0.327 e. The van der Waals surface area contributed by atoms with E-state index in [4.69, 9.17) is 0 Å². The Morgan fingerprint density at radius 3 is 2.65 bits per heavy atom. The zero-order chi connectivity index (χ0) is 12.3. The second-order valence-corrected chi connectivity index (χ2v) is 5.07. The Labute approximate surface area is 104 Å². The van der Waals surface area contributed by atoms with Crippen LogP contribution in [0.4, 0.5) is 10.5 Å². The molecule has 0 radical (unpaired) electrons. The van der Waals surface area contributed by atoms with Crippen LogP contribution in [0, 0.1) is 6.92 Å². The lowest BCUT2D eigenvalue weighted by Crippen LogP contribution is -2.39. The summed E-state index contributed by atoms with van der Waals surface area (Å²) in [6.07, 6.45) is 0.713. The summed E-state index contributed by atoms with van der Waals surface area (Å²) in [5.74, 6) is 0.786. The lowest BCUT2D eigenvalue weighted by atomic mass is 10.2. The second-order valence-electron chi connectivity index (χ2n) is 3.97. The fraction of sp³-hybridized carbons (Fsp3) is 0.333. The number of urea groups is 1. The van der Waals surface area contributed by atoms with Crippen molar-refractivity contribution < 1.29 is 9.59 Å². The Morgan fingerprint density at radius 2 is 2.06 bits per heavy atom. The fourth-order valence-corrected chi connectivity index (χ4v) is 2.52. The van der Waals surface area contributed by atoms with Crippen molar-refractivity contribution in [2.45, 2.75) is 19.4 Å². The van der Waals surface area contributed by atoms with Gasteiger partial charge in [-0.15, -0.1) is 0 Å². The van der Waals surface area contributed by atoms with E-state index in [9.17, 15) is 9.59 Å². The van der Waals surface area contributed by atoms with Gasteiger partial charge in [-0.25, -0.2) is 4.79 Å². The predicted octanol–water partition coefficient (Wildman–Crippen LogP) is 2.15. The van der Waals surface area contributed by atoms with Gasteiger partial charge in [0, 0.05) is 11.4 Å². The molecule has 90 valence electrons. The number of hydrogen-bond acceptors (Lipinski definition) is 3. The van der Waals surface area contributed by atoms with E-state index in [1.807, 2.05) is 31.2 Å². The molecule has 1 aliphatic rings. The molecule has 0 spiro atoms. The fourth-order valence-electron chi connectivity index (χ4n) is 1.59. The van der Waals surface area contributed by atoms with Crippen molar-refractivity contribution in [3.05, 3.63) is 29.8 Å². The summed E-state index contributed by atoms with van der Waals surface area (Å²) in [7, 11) is 0. The van der Waals surface area contributed by atoms with E-state index in [1.165, 1.54) is 11.8 Å². The highest BCUT2D eigenvalue weighted by Gasteiger charge is 2.26. The van der Waals surface area contributed by atoms with Gasteiger partial charge in [0.25, 0.3) is 0 Å². The van der Waals surface area contributed by atoms with Crippen molar-refractivity contribution in [3.8, 4) is 0 Å². The van der Waals surface area contributed by atoms with Crippen molar-refractivity contribution in [1.29, 1.82) is 0 Å². The third kappa shape index (κ3) is 3.23. The molecule has 17 heavy (non-hydrogen) atoms. The molecule has 4 nitrogen and oxygen atoms in total. The smallest absolute Gasteiger partial charge is 0.319 e. The summed E-state index contributed by atoms with van der Waals surface area (Å²) in [5, 5.41) is 5.42. The lowest BCUT2D eigenvalue weighted by molar-refractivity contribution is -0.112. The molecule has 0 unspecified atom stereocenters. The number of carbonyl (C=O) groups is 2. The molecule has 0 aliphatic carbocycles. The molecule has 0 aromatic heterocycles. The molecule has 2 rings (SSSR count). The Morgan fingerprint density at radius 1 is 1.35 bits per heavy atom. The highest BCUT2D eigenvalue weighted by Crippen LogP contribution is 2.19. The molecule has 1 fully saturated rings. The van der Waals surface area contributed by atoms with Gasteiger partial charge < -0.3 is 10.6 Å². The average molecular weight is 250 g/mol. The van der Waals surface area contributed by atoms with Crippen LogP contribution in [0.25, 0.3) is 0 Å². The van der Waals surface area contributed by atoms with Crippen LogP contribution in [-0.2, 0) is 4.79 Å². The van der Waals surface area contributed by atoms with Gasteiger partial charge in [-0.1, -0.05) is 29.5 Å². The monoisotopic (exact) mass is 250 g/mol. The maximum absolute atomic E-state index is 11.6. The molecule has 2 amide bonds. The maximum Gasteiger partial charge on any atom is 0.319 e. The molecule has 1 heterocycles. The number of nitrogens with one attached hydrogen (secondary N) is 2. The van der Waals surface area contributed by atoms with Gasteiger partial charge in [-0.3, -0.25) is 4.79 Å². The van der Waals surface area contributed by atoms with Crippen LogP contribution >= 0.6 is 11.8 Å². The first-order valence-corrected chi connectivity index (χ1v) is 6.44. The van der Waals surface area contributed by atoms with E-state index >= 15 is 0 Å². The van der Waals surface area contributed by atoms with Gasteiger partial charge in [0.1, 0.15) is 6.04 Å². The molecule has 2 N–H and O–H groups in total. The van der Waals surface area contributed by atoms with E-state index in [0.29, 0.717) is 6.42 Å². The summed E-state index contributed by atoms with van der Waals surface area (Å²) in [4.78, 5) is 22.9. The molecule has 1 atom stereocenters.